The van der Waals surface area contributed by atoms with Crippen molar-refractivity contribution in [3.63, 3.8) is 0 Å². The minimum Gasteiger partial charge on any atom is -0.384 e. The van der Waals surface area contributed by atoms with Crippen LogP contribution in [0.4, 0.5) is 0 Å². The van der Waals surface area contributed by atoms with Crippen molar-refractivity contribution in [3.8, 4) is 0 Å². The van der Waals surface area contributed by atoms with Crippen LogP contribution in [-0.4, -0.2) is 20.2 Å². The first-order valence-electron chi connectivity index (χ1n) is 5.18. The zero-order chi connectivity index (χ0) is 13.1. The highest BCUT2D eigenvalue weighted by atomic mass is 79.9. The van der Waals surface area contributed by atoms with Gasteiger partial charge in [-0.1, -0.05) is 17.7 Å². The molecule has 0 aliphatic heterocycles. The summed E-state index contributed by atoms with van der Waals surface area (Å²) in [6, 6.07) is 8.20. The van der Waals surface area contributed by atoms with E-state index in [1.807, 2.05) is 0 Å². The summed E-state index contributed by atoms with van der Waals surface area (Å²) in [7, 11) is 0. The number of aliphatic hydroxyl groups is 2. The molecule has 0 saturated heterocycles. The first-order valence-corrected chi connectivity index (χ1v) is 6.35. The maximum Gasteiger partial charge on any atom is 0.127 e. The second-order valence-electron chi connectivity index (χ2n) is 3.67. The van der Waals surface area contributed by atoms with Crippen LogP contribution in [0.25, 0.3) is 0 Å². The highest BCUT2D eigenvalue weighted by Crippen LogP contribution is 2.28. The summed E-state index contributed by atoms with van der Waals surface area (Å²) >= 11 is 9.02. The van der Waals surface area contributed by atoms with E-state index in [9.17, 15) is 10.2 Å². The lowest BCUT2D eigenvalue weighted by Gasteiger charge is -2.17. The number of aliphatic hydroxyl groups excluding tert-OH is 2. The average Bonchev–Trinajstić information content (AvgIpc) is 2.37. The highest BCUT2D eigenvalue weighted by molar-refractivity contribution is 9.10. The standard InChI is InChI=1S/C12H10BrClN2O2/c13-10-3-1-2-8(16-10)11(17)12(18)9-6-7(14)4-5-15-9/h1-6,11-12,17-18H. The Bertz CT molecular complexity index is 504. The molecule has 2 aromatic rings. The van der Waals surface area contributed by atoms with Crippen LogP contribution in [0.3, 0.4) is 0 Å². The summed E-state index contributed by atoms with van der Waals surface area (Å²) in [6.45, 7) is 0. The van der Waals surface area contributed by atoms with Gasteiger partial charge in [0, 0.05) is 11.2 Å². The van der Waals surface area contributed by atoms with Gasteiger partial charge in [0.1, 0.15) is 16.8 Å². The Kier molecular flexibility index (Phi) is 4.29. The number of hydrogen-bond donors (Lipinski definition) is 2. The molecule has 0 aromatic carbocycles. The molecule has 94 valence electrons. The molecule has 2 atom stereocenters. The predicted molar refractivity (Wildman–Crippen MR) is 71.1 cm³/mol. The Morgan fingerprint density at radius 1 is 1.11 bits per heavy atom. The van der Waals surface area contributed by atoms with Gasteiger partial charge in [-0.15, -0.1) is 0 Å². The molecule has 2 rings (SSSR count). The Balaban J connectivity index is 2.26. The van der Waals surface area contributed by atoms with E-state index in [-0.39, 0.29) is 0 Å². The first kappa shape index (κ1) is 13.4. The third-order valence-electron chi connectivity index (χ3n) is 2.38. The molecular weight excluding hydrogens is 320 g/mol. The minimum absolute atomic E-state index is 0.303. The smallest absolute Gasteiger partial charge is 0.127 e. The molecule has 2 aromatic heterocycles. The topological polar surface area (TPSA) is 66.2 Å². The summed E-state index contributed by atoms with van der Waals surface area (Å²) in [5, 5.41) is 20.5. The van der Waals surface area contributed by atoms with Crippen LogP contribution in [0.1, 0.15) is 23.6 Å². The SMILES string of the molecule is OC(c1cc(Cl)ccn1)C(O)c1cccc(Br)n1. The molecule has 0 fully saturated rings. The van der Waals surface area contributed by atoms with Crippen LogP contribution in [0.2, 0.25) is 5.02 Å². The first-order chi connectivity index (χ1) is 8.58. The van der Waals surface area contributed by atoms with Crippen LogP contribution < -0.4 is 0 Å². The molecular formula is C12H10BrClN2O2. The second-order valence-corrected chi connectivity index (χ2v) is 4.92. The van der Waals surface area contributed by atoms with Gasteiger partial charge in [-0.3, -0.25) is 4.98 Å². The van der Waals surface area contributed by atoms with E-state index < -0.39 is 12.2 Å². The zero-order valence-corrected chi connectivity index (χ0v) is 11.5. The Morgan fingerprint density at radius 3 is 2.50 bits per heavy atom. The summed E-state index contributed by atoms with van der Waals surface area (Å²) in [5.74, 6) is 0. The minimum atomic E-state index is -1.18. The maximum absolute atomic E-state index is 10.0. The number of rotatable bonds is 3. The van der Waals surface area contributed by atoms with Gasteiger partial charge < -0.3 is 10.2 Å². The van der Waals surface area contributed by atoms with Crippen molar-refractivity contribution < 1.29 is 10.2 Å². The van der Waals surface area contributed by atoms with Gasteiger partial charge in [0.05, 0.1) is 11.4 Å². The average molecular weight is 330 g/mol. The van der Waals surface area contributed by atoms with Crippen LogP contribution in [0.15, 0.2) is 41.1 Å². The van der Waals surface area contributed by atoms with E-state index in [4.69, 9.17) is 11.6 Å². The summed E-state index contributed by atoms with van der Waals surface area (Å²) in [5.41, 5.74) is 0.662. The summed E-state index contributed by atoms with van der Waals surface area (Å²) in [6.07, 6.45) is -0.860. The van der Waals surface area contributed by atoms with E-state index in [1.54, 1.807) is 24.3 Å². The number of nitrogens with zero attached hydrogens (tertiary/aromatic N) is 2. The molecule has 2 N–H and O–H groups in total. The molecule has 4 nitrogen and oxygen atoms in total. The molecule has 2 heterocycles. The van der Waals surface area contributed by atoms with Gasteiger partial charge in [-0.2, -0.15) is 0 Å². The van der Waals surface area contributed by atoms with Gasteiger partial charge >= 0.3 is 0 Å². The van der Waals surface area contributed by atoms with E-state index in [2.05, 4.69) is 25.9 Å². The molecule has 2 unspecified atom stereocenters. The molecule has 0 aliphatic rings. The van der Waals surface area contributed by atoms with Crippen molar-refractivity contribution >= 4 is 27.5 Å². The molecule has 0 aliphatic carbocycles. The maximum atomic E-state index is 10.0. The number of aromatic nitrogens is 2. The number of halogens is 2. The van der Waals surface area contributed by atoms with Crippen LogP contribution in [0.5, 0.6) is 0 Å². The van der Waals surface area contributed by atoms with Crippen molar-refractivity contribution in [1.82, 2.24) is 9.97 Å². The van der Waals surface area contributed by atoms with Crippen LogP contribution >= 0.6 is 27.5 Å². The van der Waals surface area contributed by atoms with E-state index in [0.29, 0.717) is 21.0 Å². The fraction of sp³-hybridized carbons (Fsp3) is 0.167. The monoisotopic (exact) mass is 328 g/mol. The normalized spacial score (nSPS) is 14.2. The van der Waals surface area contributed by atoms with E-state index in [1.165, 1.54) is 12.3 Å². The summed E-state index contributed by atoms with van der Waals surface area (Å²) in [4.78, 5) is 8.06. The molecule has 0 bridgehead atoms. The third-order valence-corrected chi connectivity index (χ3v) is 3.06. The second kappa shape index (κ2) is 5.75. The lowest BCUT2D eigenvalue weighted by molar-refractivity contribution is 0.0120. The molecule has 0 radical (unpaired) electrons. The number of hydrogen-bond acceptors (Lipinski definition) is 4. The van der Waals surface area contributed by atoms with Crippen LogP contribution in [-0.2, 0) is 0 Å². The Morgan fingerprint density at radius 2 is 1.83 bits per heavy atom. The van der Waals surface area contributed by atoms with Crippen LogP contribution in [0, 0.1) is 0 Å². The molecule has 0 spiro atoms. The predicted octanol–water partition coefficient (Wildman–Crippen LogP) is 2.66. The third kappa shape index (κ3) is 3.05. The lowest BCUT2D eigenvalue weighted by Crippen LogP contribution is -2.13. The quantitative estimate of drug-likeness (QED) is 0.850. The zero-order valence-electron chi connectivity index (χ0n) is 9.16. The van der Waals surface area contributed by atoms with Gasteiger partial charge in [0.2, 0.25) is 0 Å². The lowest BCUT2D eigenvalue weighted by atomic mass is 10.1. The van der Waals surface area contributed by atoms with Gasteiger partial charge in [-0.25, -0.2) is 4.98 Å². The molecule has 18 heavy (non-hydrogen) atoms. The highest BCUT2D eigenvalue weighted by Gasteiger charge is 2.22. The van der Waals surface area contributed by atoms with Crippen molar-refractivity contribution in [1.29, 1.82) is 0 Å². The van der Waals surface area contributed by atoms with Crippen molar-refractivity contribution in [2.45, 2.75) is 12.2 Å². The van der Waals surface area contributed by atoms with Crippen molar-refractivity contribution in [2.75, 3.05) is 0 Å². The van der Waals surface area contributed by atoms with Gasteiger partial charge in [-0.05, 0) is 40.2 Å². The van der Waals surface area contributed by atoms with E-state index in [0.717, 1.165) is 0 Å². The van der Waals surface area contributed by atoms with E-state index >= 15 is 0 Å². The van der Waals surface area contributed by atoms with Gasteiger partial charge in [0.15, 0.2) is 0 Å². The Labute approximate surface area is 117 Å². The fourth-order valence-corrected chi connectivity index (χ4v) is 2.02. The summed E-state index contributed by atoms with van der Waals surface area (Å²) < 4.78 is 0.588. The van der Waals surface area contributed by atoms with Gasteiger partial charge in [0.25, 0.3) is 0 Å². The molecule has 0 amide bonds. The largest absolute Gasteiger partial charge is 0.384 e. The van der Waals surface area contributed by atoms with Crippen molar-refractivity contribution in [2.24, 2.45) is 0 Å². The fourth-order valence-electron chi connectivity index (χ4n) is 1.50. The Hall–Kier alpha value is -1.01. The number of pyridine rings is 2. The molecule has 0 saturated carbocycles. The van der Waals surface area contributed by atoms with Crippen molar-refractivity contribution in [3.05, 3.63) is 57.5 Å². The molecule has 6 heteroatoms.